The predicted molar refractivity (Wildman–Crippen MR) is 92.9 cm³/mol. The van der Waals surface area contributed by atoms with Gasteiger partial charge in [-0.15, -0.1) is 0 Å². The molecule has 0 aliphatic carbocycles. The van der Waals surface area contributed by atoms with Crippen LogP contribution in [0.3, 0.4) is 0 Å². The molecule has 2 N–H and O–H groups in total. The highest BCUT2D eigenvalue weighted by atomic mass is 16.6. The highest BCUT2D eigenvalue weighted by molar-refractivity contribution is 5.91. The molecule has 0 atom stereocenters. The summed E-state index contributed by atoms with van der Waals surface area (Å²) in [4.78, 5) is 27.1. The van der Waals surface area contributed by atoms with Crippen LogP contribution in [0, 0.1) is 13.8 Å². The third-order valence-electron chi connectivity index (χ3n) is 3.81. The maximum atomic E-state index is 12.2. The first-order valence-corrected chi connectivity index (χ1v) is 7.83. The van der Waals surface area contributed by atoms with E-state index in [1.807, 2.05) is 18.2 Å². The number of para-hydroxylation sites is 1. The number of benzene rings is 1. The highest BCUT2D eigenvalue weighted by Gasteiger charge is 2.13. The number of hydrogen-bond acceptors (Lipinski definition) is 4. The molecule has 6 heteroatoms. The molecule has 1 aromatic carbocycles. The Bertz CT molecular complexity index is 942. The quantitative estimate of drug-likeness (QED) is 0.747. The Morgan fingerprint density at radius 3 is 2.68 bits per heavy atom. The topological polar surface area (TPSA) is 84.3 Å². The molecule has 25 heavy (non-hydrogen) atoms. The van der Waals surface area contributed by atoms with Gasteiger partial charge in [0.2, 0.25) is 0 Å². The number of aryl methyl sites for hydroxylation is 1. The van der Waals surface area contributed by atoms with Crippen molar-refractivity contribution in [2.45, 2.75) is 20.4 Å². The minimum Gasteiger partial charge on any atom is -0.426 e. The average Bonchev–Trinajstić information content (AvgIpc) is 3.08. The molecule has 1 amide bonds. The fraction of sp³-hybridized carbons (Fsp3) is 0.158. The lowest BCUT2D eigenvalue weighted by Crippen LogP contribution is -2.25. The molecule has 128 valence electrons. The molecule has 0 aliphatic rings. The predicted octanol–water partition coefficient (Wildman–Crippen LogP) is 3.31. The van der Waals surface area contributed by atoms with E-state index in [1.54, 1.807) is 44.3 Å². The van der Waals surface area contributed by atoms with Crippen molar-refractivity contribution in [3.63, 3.8) is 0 Å². The zero-order chi connectivity index (χ0) is 17.8. The molecule has 0 unspecified atom stereocenters. The van der Waals surface area contributed by atoms with Gasteiger partial charge in [0.15, 0.2) is 11.2 Å². The molecule has 0 spiro atoms. The largest absolute Gasteiger partial charge is 0.426 e. The van der Waals surface area contributed by atoms with Crippen molar-refractivity contribution >= 4 is 5.91 Å². The Morgan fingerprint density at radius 1 is 1.16 bits per heavy atom. The first kappa shape index (κ1) is 16.6. The summed E-state index contributed by atoms with van der Waals surface area (Å²) in [7, 11) is 0. The molecule has 0 bridgehead atoms. The van der Waals surface area contributed by atoms with Crippen molar-refractivity contribution in [1.82, 2.24) is 10.3 Å². The SMILES string of the molecule is Cc1c[nH]c(CNC(=O)c2ccc(Oc3ccccc3)o2)c(C)c1=O. The molecule has 2 aromatic heterocycles. The van der Waals surface area contributed by atoms with E-state index in [-0.39, 0.29) is 29.6 Å². The van der Waals surface area contributed by atoms with Gasteiger partial charge in [0, 0.05) is 29.1 Å². The standard InChI is InChI=1S/C19H18N2O4/c1-12-10-20-15(13(2)18(12)22)11-21-19(23)16-8-9-17(25-16)24-14-6-4-3-5-7-14/h3-10H,11H2,1-2H3,(H,20,22)(H,21,23). The van der Waals surface area contributed by atoms with Gasteiger partial charge in [-0.1, -0.05) is 18.2 Å². The Morgan fingerprint density at radius 2 is 1.92 bits per heavy atom. The van der Waals surface area contributed by atoms with Crippen LogP contribution in [0.1, 0.15) is 27.4 Å². The average molecular weight is 338 g/mol. The molecule has 0 fully saturated rings. The first-order chi connectivity index (χ1) is 12.0. The summed E-state index contributed by atoms with van der Waals surface area (Å²) < 4.78 is 10.9. The van der Waals surface area contributed by atoms with Crippen molar-refractivity contribution in [3.8, 4) is 11.7 Å². The number of amides is 1. The number of aromatic nitrogens is 1. The van der Waals surface area contributed by atoms with Gasteiger partial charge < -0.3 is 19.5 Å². The lowest BCUT2D eigenvalue weighted by molar-refractivity contribution is 0.0917. The first-order valence-electron chi connectivity index (χ1n) is 7.83. The summed E-state index contributed by atoms with van der Waals surface area (Å²) in [5.74, 6) is 0.606. The molecular weight excluding hydrogens is 320 g/mol. The van der Waals surface area contributed by atoms with Gasteiger partial charge in [0.25, 0.3) is 11.9 Å². The van der Waals surface area contributed by atoms with Crippen molar-refractivity contribution in [2.24, 2.45) is 0 Å². The number of aromatic amines is 1. The number of carbonyl (C=O) groups excluding carboxylic acids is 1. The van der Waals surface area contributed by atoms with Gasteiger partial charge in [0.05, 0.1) is 6.54 Å². The second-order valence-corrected chi connectivity index (χ2v) is 5.62. The number of H-pyrrole nitrogens is 1. The van der Waals surface area contributed by atoms with Gasteiger partial charge in [0.1, 0.15) is 5.75 Å². The number of ether oxygens (including phenoxy) is 1. The van der Waals surface area contributed by atoms with Crippen LogP contribution in [0.25, 0.3) is 0 Å². The third-order valence-corrected chi connectivity index (χ3v) is 3.81. The second kappa shape index (κ2) is 7.09. The summed E-state index contributed by atoms with van der Waals surface area (Å²) in [5, 5.41) is 2.72. The number of rotatable bonds is 5. The van der Waals surface area contributed by atoms with E-state index in [0.29, 0.717) is 22.6 Å². The molecular formula is C19H18N2O4. The summed E-state index contributed by atoms with van der Waals surface area (Å²) in [6, 6.07) is 12.3. The van der Waals surface area contributed by atoms with Crippen LogP contribution in [0.2, 0.25) is 0 Å². The number of furan rings is 1. The lowest BCUT2D eigenvalue weighted by atomic mass is 10.1. The molecule has 3 aromatic rings. The summed E-state index contributed by atoms with van der Waals surface area (Å²) in [6.45, 7) is 3.67. The van der Waals surface area contributed by atoms with Crippen molar-refractivity contribution in [3.05, 3.63) is 81.5 Å². The normalized spacial score (nSPS) is 10.5. The van der Waals surface area contributed by atoms with Crippen molar-refractivity contribution in [1.29, 1.82) is 0 Å². The molecule has 2 heterocycles. The van der Waals surface area contributed by atoms with Gasteiger partial charge in [-0.05, 0) is 32.0 Å². The van der Waals surface area contributed by atoms with Crippen LogP contribution >= 0.6 is 0 Å². The van der Waals surface area contributed by atoms with E-state index in [2.05, 4.69) is 10.3 Å². The lowest BCUT2D eigenvalue weighted by Gasteiger charge is -2.07. The summed E-state index contributed by atoms with van der Waals surface area (Å²) in [6.07, 6.45) is 1.63. The van der Waals surface area contributed by atoms with E-state index in [1.165, 1.54) is 0 Å². The zero-order valence-electron chi connectivity index (χ0n) is 14.0. The fourth-order valence-corrected chi connectivity index (χ4v) is 2.34. The third kappa shape index (κ3) is 3.80. The van der Waals surface area contributed by atoms with Crippen LogP contribution in [0.4, 0.5) is 0 Å². The molecule has 0 radical (unpaired) electrons. The number of hydrogen-bond donors (Lipinski definition) is 2. The van der Waals surface area contributed by atoms with Gasteiger partial charge in [-0.25, -0.2) is 0 Å². The van der Waals surface area contributed by atoms with E-state index in [0.717, 1.165) is 0 Å². The smallest absolute Gasteiger partial charge is 0.290 e. The van der Waals surface area contributed by atoms with Crippen molar-refractivity contribution in [2.75, 3.05) is 0 Å². The van der Waals surface area contributed by atoms with E-state index >= 15 is 0 Å². The highest BCUT2D eigenvalue weighted by Crippen LogP contribution is 2.23. The Balaban J connectivity index is 1.64. The van der Waals surface area contributed by atoms with E-state index < -0.39 is 0 Å². The monoisotopic (exact) mass is 338 g/mol. The van der Waals surface area contributed by atoms with Gasteiger partial charge in [-0.2, -0.15) is 0 Å². The Hall–Kier alpha value is -3.28. The van der Waals surface area contributed by atoms with E-state index in [4.69, 9.17) is 9.15 Å². The molecule has 6 nitrogen and oxygen atoms in total. The maximum Gasteiger partial charge on any atom is 0.290 e. The summed E-state index contributed by atoms with van der Waals surface area (Å²) in [5.41, 5.74) is 1.87. The van der Waals surface area contributed by atoms with Crippen LogP contribution < -0.4 is 15.5 Å². The second-order valence-electron chi connectivity index (χ2n) is 5.62. The summed E-state index contributed by atoms with van der Waals surface area (Å²) >= 11 is 0. The molecule has 3 rings (SSSR count). The molecule has 0 saturated heterocycles. The van der Waals surface area contributed by atoms with Gasteiger partial charge in [-0.3, -0.25) is 9.59 Å². The van der Waals surface area contributed by atoms with Crippen molar-refractivity contribution < 1.29 is 13.9 Å². The fourth-order valence-electron chi connectivity index (χ4n) is 2.34. The Kier molecular flexibility index (Phi) is 4.70. The molecule has 0 aliphatic heterocycles. The number of carbonyl (C=O) groups is 1. The maximum absolute atomic E-state index is 12.2. The number of pyridine rings is 1. The van der Waals surface area contributed by atoms with Crippen LogP contribution in [0.5, 0.6) is 11.7 Å². The number of nitrogens with one attached hydrogen (secondary N) is 2. The van der Waals surface area contributed by atoms with Gasteiger partial charge >= 0.3 is 0 Å². The van der Waals surface area contributed by atoms with E-state index in [9.17, 15) is 9.59 Å². The van der Waals surface area contributed by atoms with Crippen LogP contribution in [-0.4, -0.2) is 10.9 Å². The van der Waals surface area contributed by atoms with Crippen LogP contribution in [-0.2, 0) is 6.54 Å². The minimum absolute atomic E-state index is 0.0282. The van der Waals surface area contributed by atoms with Crippen LogP contribution in [0.15, 0.2) is 57.9 Å². The Labute approximate surface area is 144 Å². The zero-order valence-corrected chi connectivity index (χ0v) is 14.0. The molecule has 0 saturated carbocycles. The minimum atomic E-state index is -0.385.